The predicted molar refractivity (Wildman–Crippen MR) is 229 cm³/mol. The van der Waals surface area contributed by atoms with E-state index in [4.69, 9.17) is 19.4 Å². The van der Waals surface area contributed by atoms with Crippen LogP contribution in [0.15, 0.2) is 199 Å². The second-order valence-corrected chi connectivity index (χ2v) is 14.0. The fraction of sp³-hybridized carbons (Fsp3) is 0. The van der Waals surface area contributed by atoms with Crippen LogP contribution in [0, 0.1) is 0 Å². The van der Waals surface area contributed by atoms with Crippen LogP contribution in [0.5, 0.6) is 0 Å². The van der Waals surface area contributed by atoms with Gasteiger partial charge in [0.05, 0.1) is 11.0 Å². The molecule has 0 amide bonds. The molecule has 0 spiro atoms. The molecule has 0 saturated carbocycles. The molecule has 0 fully saturated rings. The maximum absolute atomic E-state index is 6.83. The first-order valence-electron chi connectivity index (χ1n) is 18.8. The molecule has 11 rings (SSSR count). The van der Waals surface area contributed by atoms with Crippen molar-refractivity contribution in [1.82, 2.24) is 19.5 Å². The summed E-state index contributed by atoms with van der Waals surface area (Å²) in [6.07, 6.45) is 0. The minimum absolute atomic E-state index is 0.591. The Hall–Kier alpha value is -7.63. The molecule has 8 aromatic carbocycles. The second-order valence-electron chi connectivity index (χ2n) is 14.0. The zero-order valence-electron chi connectivity index (χ0n) is 30.2. The van der Waals surface area contributed by atoms with E-state index in [0.717, 1.165) is 66.6 Å². The van der Waals surface area contributed by atoms with E-state index in [2.05, 4.69) is 120 Å². The Bertz CT molecular complexity index is 3170. The van der Waals surface area contributed by atoms with Gasteiger partial charge in [0.25, 0.3) is 0 Å². The number of para-hydroxylation sites is 2. The Labute approximate surface area is 322 Å². The Balaban J connectivity index is 1.17. The average Bonchev–Trinajstić information content (AvgIpc) is 3.83. The van der Waals surface area contributed by atoms with Crippen molar-refractivity contribution in [2.24, 2.45) is 0 Å². The smallest absolute Gasteiger partial charge is 0.164 e. The quantitative estimate of drug-likeness (QED) is 0.172. The van der Waals surface area contributed by atoms with E-state index < -0.39 is 0 Å². The van der Waals surface area contributed by atoms with Crippen LogP contribution in [0.1, 0.15) is 0 Å². The largest absolute Gasteiger partial charge is 0.455 e. The van der Waals surface area contributed by atoms with Crippen LogP contribution >= 0.6 is 0 Å². The Morgan fingerprint density at radius 3 is 1.62 bits per heavy atom. The number of hydrogen-bond acceptors (Lipinski definition) is 4. The summed E-state index contributed by atoms with van der Waals surface area (Å²) >= 11 is 0. The zero-order valence-corrected chi connectivity index (χ0v) is 30.2. The number of fused-ring (bicyclic) bond motifs is 6. The predicted octanol–water partition coefficient (Wildman–Crippen LogP) is 13.2. The molecule has 0 aliphatic heterocycles. The molecule has 0 saturated heterocycles. The van der Waals surface area contributed by atoms with Crippen molar-refractivity contribution in [3.8, 4) is 62.1 Å². The van der Waals surface area contributed by atoms with Gasteiger partial charge in [-0.2, -0.15) is 0 Å². The Morgan fingerprint density at radius 1 is 0.357 bits per heavy atom. The van der Waals surface area contributed by atoms with Crippen molar-refractivity contribution in [3.63, 3.8) is 0 Å². The van der Waals surface area contributed by atoms with Crippen LogP contribution in [0.4, 0.5) is 0 Å². The van der Waals surface area contributed by atoms with Crippen LogP contribution in [0.2, 0.25) is 0 Å². The van der Waals surface area contributed by atoms with Crippen molar-refractivity contribution in [3.05, 3.63) is 194 Å². The standard InChI is InChI=1S/C51H32N4O/c1-5-16-33(17-6-1)41-31-37(36-28-29-45-42(30-36)39-24-13-14-26-44(39)55(45)38-22-11-4-12-23-38)32-43-47-40(25-15-27-46(47)56-48(41)43)51-53-49(34-18-7-2-8-19-34)52-50(54-51)35-20-9-3-10-21-35/h1-32H. The van der Waals surface area contributed by atoms with Crippen LogP contribution < -0.4 is 0 Å². The number of aromatic nitrogens is 4. The maximum Gasteiger partial charge on any atom is 0.164 e. The lowest BCUT2D eigenvalue weighted by molar-refractivity contribution is 0.670. The van der Waals surface area contributed by atoms with E-state index in [0.29, 0.717) is 17.5 Å². The highest BCUT2D eigenvalue weighted by Gasteiger charge is 2.21. The van der Waals surface area contributed by atoms with Gasteiger partial charge in [-0.05, 0) is 65.2 Å². The monoisotopic (exact) mass is 716 g/mol. The highest BCUT2D eigenvalue weighted by atomic mass is 16.3. The minimum Gasteiger partial charge on any atom is -0.455 e. The van der Waals surface area contributed by atoms with Crippen LogP contribution in [-0.2, 0) is 0 Å². The zero-order chi connectivity index (χ0) is 37.0. The van der Waals surface area contributed by atoms with Crippen LogP contribution in [0.3, 0.4) is 0 Å². The summed E-state index contributed by atoms with van der Waals surface area (Å²) in [5.41, 5.74) is 12.1. The van der Waals surface area contributed by atoms with Crippen LogP contribution in [-0.4, -0.2) is 19.5 Å². The number of rotatable bonds is 6. The van der Waals surface area contributed by atoms with Gasteiger partial charge in [0.1, 0.15) is 11.2 Å². The number of nitrogens with zero attached hydrogens (tertiary/aromatic N) is 4. The first kappa shape index (κ1) is 31.9. The SMILES string of the molecule is c1ccc(-c2nc(-c3ccccc3)nc(-c3cccc4oc5c(-c6ccccc6)cc(-c6ccc7c(c6)c6ccccc6n7-c6ccccc6)cc5c34)n2)cc1. The normalized spacial score (nSPS) is 11.6. The van der Waals surface area contributed by atoms with Crippen molar-refractivity contribution in [2.45, 2.75) is 0 Å². The number of furan rings is 1. The van der Waals surface area contributed by atoms with Gasteiger partial charge in [-0.15, -0.1) is 0 Å². The molecular weight excluding hydrogens is 685 g/mol. The molecule has 5 nitrogen and oxygen atoms in total. The summed E-state index contributed by atoms with van der Waals surface area (Å²) in [4.78, 5) is 15.2. The molecular formula is C51H32N4O. The average molecular weight is 717 g/mol. The molecule has 0 radical (unpaired) electrons. The summed E-state index contributed by atoms with van der Waals surface area (Å²) in [5.74, 6) is 1.83. The second kappa shape index (κ2) is 13.0. The molecule has 0 aliphatic carbocycles. The summed E-state index contributed by atoms with van der Waals surface area (Å²) < 4.78 is 9.18. The first-order valence-corrected chi connectivity index (χ1v) is 18.8. The van der Waals surface area contributed by atoms with Crippen molar-refractivity contribution in [1.29, 1.82) is 0 Å². The first-order chi connectivity index (χ1) is 27.8. The Kier molecular flexibility index (Phi) is 7.42. The van der Waals surface area contributed by atoms with E-state index >= 15 is 0 Å². The van der Waals surface area contributed by atoms with Gasteiger partial charge >= 0.3 is 0 Å². The van der Waals surface area contributed by atoms with Gasteiger partial charge in [0, 0.05) is 49.5 Å². The Morgan fingerprint density at radius 2 is 0.929 bits per heavy atom. The molecule has 0 aliphatic rings. The van der Waals surface area contributed by atoms with Crippen molar-refractivity contribution < 1.29 is 4.42 Å². The fourth-order valence-electron chi connectivity index (χ4n) is 8.05. The van der Waals surface area contributed by atoms with Crippen molar-refractivity contribution in [2.75, 3.05) is 0 Å². The maximum atomic E-state index is 6.83. The number of benzene rings is 8. The third-order valence-electron chi connectivity index (χ3n) is 10.6. The fourth-order valence-corrected chi connectivity index (χ4v) is 8.05. The molecule has 11 aromatic rings. The third kappa shape index (κ3) is 5.29. The number of hydrogen-bond donors (Lipinski definition) is 0. The van der Waals surface area contributed by atoms with Crippen molar-refractivity contribution >= 4 is 43.7 Å². The highest BCUT2D eigenvalue weighted by Crippen LogP contribution is 2.44. The van der Waals surface area contributed by atoms with E-state index in [-0.39, 0.29) is 0 Å². The van der Waals surface area contributed by atoms with Gasteiger partial charge in [-0.3, -0.25) is 0 Å². The van der Waals surface area contributed by atoms with E-state index in [1.807, 2.05) is 78.9 Å². The van der Waals surface area contributed by atoms with Gasteiger partial charge in [0.2, 0.25) is 0 Å². The molecule has 0 atom stereocenters. The van der Waals surface area contributed by atoms with E-state index in [9.17, 15) is 0 Å². The highest BCUT2D eigenvalue weighted by molar-refractivity contribution is 6.17. The minimum atomic E-state index is 0.591. The summed E-state index contributed by atoms with van der Waals surface area (Å²) in [6, 6.07) is 67.4. The lowest BCUT2D eigenvalue weighted by Gasteiger charge is -2.11. The lowest BCUT2D eigenvalue weighted by atomic mass is 9.94. The molecule has 262 valence electrons. The molecule has 5 heteroatoms. The van der Waals surface area contributed by atoms with Gasteiger partial charge in [-0.25, -0.2) is 15.0 Å². The molecule has 0 bridgehead atoms. The van der Waals surface area contributed by atoms with Crippen LogP contribution in [0.25, 0.3) is 106 Å². The molecule has 0 N–H and O–H groups in total. The summed E-state index contributed by atoms with van der Waals surface area (Å²) in [5, 5.41) is 4.38. The molecule has 3 aromatic heterocycles. The molecule has 56 heavy (non-hydrogen) atoms. The van der Waals surface area contributed by atoms with E-state index in [1.54, 1.807) is 0 Å². The summed E-state index contributed by atoms with van der Waals surface area (Å²) in [6.45, 7) is 0. The van der Waals surface area contributed by atoms with Gasteiger partial charge in [0.15, 0.2) is 17.5 Å². The molecule has 0 unspecified atom stereocenters. The van der Waals surface area contributed by atoms with Gasteiger partial charge < -0.3 is 8.98 Å². The summed E-state index contributed by atoms with van der Waals surface area (Å²) in [7, 11) is 0. The molecule has 3 heterocycles. The topological polar surface area (TPSA) is 56.7 Å². The lowest BCUT2D eigenvalue weighted by Crippen LogP contribution is -2.00. The third-order valence-corrected chi connectivity index (χ3v) is 10.6. The van der Waals surface area contributed by atoms with E-state index in [1.165, 1.54) is 21.8 Å². The van der Waals surface area contributed by atoms with Gasteiger partial charge in [-0.1, -0.05) is 146 Å².